The first-order valence-corrected chi connectivity index (χ1v) is 5.57. The van der Waals surface area contributed by atoms with Gasteiger partial charge in [-0.3, -0.25) is 4.79 Å². The third-order valence-corrected chi connectivity index (χ3v) is 2.48. The summed E-state index contributed by atoms with van der Waals surface area (Å²) in [5.41, 5.74) is 0. The van der Waals surface area contributed by atoms with E-state index in [1.54, 1.807) is 13.1 Å². The molecule has 5 heteroatoms. The van der Waals surface area contributed by atoms with Gasteiger partial charge in [-0.05, 0) is 41.5 Å². The normalized spacial score (nSPS) is 12.2. The van der Waals surface area contributed by atoms with Crippen molar-refractivity contribution in [2.24, 2.45) is 0 Å². The first kappa shape index (κ1) is 12.1. The van der Waals surface area contributed by atoms with Crippen molar-refractivity contribution in [3.63, 3.8) is 0 Å². The van der Waals surface area contributed by atoms with Gasteiger partial charge in [-0.1, -0.05) is 13.0 Å². The fourth-order valence-corrected chi connectivity index (χ4v) is 1.56. The lowest BCUT2D eigenvalue weighted by Gasteiger charge is -2.13. The third-order valence-electron chi connectivity index (χ3n) is 2.04. The molecular weight excluding hydrogens is 258 g/mol. The molecule has 1 unspecified atom stereocenters. The second kappa shape index (κ2) is 5.82. The molecule has 0 aromatic carbocycles. The van der Waals surface area contributed by atoms with E-state index in [9.17, 15) is 4.79 Å². The molecule has 0 saturated carbocycles. The number of pyridine rings is 1. The van der Waals surface area contributed by atoms with Crippen molar-refractivity contribution in [3.8, 4) is 0 Å². The maximum atomic E-state index is 11.7. The molecule has 0 saturated heterocycles. The van der Waals surface area contributed by atoms with Crippen molar-refractivity contribution in [1.29, 1.82) is 0 Å². The van der Waals surface area contributed by atoms with E-state index in [0.717, 1.165) is 6.42 Å². The summed E-state index contributed by atoms with van der Waals surface area (Å²) >= 11 is 3.25. The SMILES string of the molecule is CCC(NC)C(=O)Nc1cccc(Br)n1. The summed E-state index contributed by atoms with van der Waals surface area (Å²) < 4.78 is 0.706. The zero-order chi connectivity index (χ0) is 11.3. The lowest BCUT2D eigenvalue weighted by atomic mass is 10.2. The topological polar surface area (TPSA) is 54.0 Å². The Hall–Kier alpha value is -0.940. The molecule has 1 atom stereocenters. The van der Waals surface area contributed by atoms with E-state index in [4.69, 9.17) is 0 Å². The first-order valence-electron chi connectivity index (χ1n) is 4.78. The van der Waals surface area contributed by atoms with Crippen LogP contribution in [0.15, 0.2) is 22.8 Å². The fraction of sp³-hybridized carbons (Fsp3) is 0.400. The average Bonchev–Trinajstić information content (AvgIpc) is 2.19. The van der Waals surface area contributed by atoms with Crippen LogP contribution in [0.25, 0.3) is 0 Å². The minimum atomic E-state index is -0.175. The van der Waals surface area contributed by atoms with Gasteiger partial charge in [-0.2, -0.15) is 0 Å². The Morgan fingerprint density at radius 2 is 2.33 bits per heavy atom. The molecule has 0 bridgehead atoms. The van der Waals surface area contributed by atoms with Gasteiger partial charge in [0.2, 0.25) is 5.91 Å². The summed E-state index contributed by atoms with van der Waals surface area (Å²) in [6.07, 6.45) is 0.746. The van der Waals surface area contributed by atoms with Crippen molar-refractivity contribution >= 4 is 27.7 Å². The van der Waals surface area contributed by atoms with E-state index in [1.165, 1.54) is 0 Å². The quantitative estimate of drug-likeness (QED) is 0.821. The van der Waals surface area contributed by atoms with Crippen LogP contribution in [0, 0.1) is 0 Å². The van der Waals surface area contributed by atoms with E-state index in [0.29, 0.717) is 10.4 Å². The van der Waals surface area contributed by atoms with Gasteiger partial charge in [0.05, 0.1) is 6.04 Å². The number of likely N-dealkylation sites (N-methyl/N-ethyl adjacent to an activating group) is 1. The number of halogens is 1. The van der Waals surface area contributed by atoms with Gasteiger partial charge in [0, 0.05) is 0 Å². The molecule has 1 heterocycles. The van der Waals surface area contributed by atoms with Crippen LogP contribution >= 0.6 is 15.9 Å². The van der Waals surface area contributed by atoms with Crippen molar-refractivity contribution in [3.05, 3.63) is 22.8 Å². The molecule has 1 amide bonds. The number of hydrogen-bond donors (Lipinski definition) is 2. The van der Waals surface area contributed by atoms with Gasteiger partial charge in [0.15, 0.2) is 0 Å². The number of carbonyl (C=O) groups excluding carboxylic acids is 1. The smallest absolute Gasteiger partial charge is 0.242 e. The van der Waals surface area contributed by atoms with Crippen LogP contribution in [0.2, 0.25) is 0 Å². The van der Waals surface area contributed by atoms with Gasteiger partial charge in [0.1, 0.15) is 10.4 Å². The van der Waals surface area contributed by atoms with Crippen LogP contribution < -0.4 is 10.6 Å². The Morgan fingerprint density at radius 1 is 1.60 bits per heavy atom. The van der Waals surface area contributed by atoms with Crippen LogP contribution in [-0.2, 0) is 4.79 Å². The summed E-state index contributed by atoms with van der Waals surface area (Å²) in [5, 5.41) is 5.68. The van der Waals surface area contributed by atoms with Gasteiger partial charge in [-0.25, -0.2) is 4.98 Å². The highest BCUT2D eigenvalue weighted by Gasteiger charge is 2.13. The molecule has 4 nitrogen and oxygen atoms in total. The Morgan fingerprint density at radius 3 is 2.87 bits per heavy atom. The number of nitrogens with one attached hydrogen (secondary N) is 2. The van der Waals surface area contributed by atoms with Crippen molar-refractivity contribution in [2.45, 2.75) is 19.4 Å². The molecule has 82 valence electrons. The van der Waals surface area contributed by atoms with Crippen LogP contribution in [0.4, 0.5) is 5.82 Å². The number of aromatic nitrogens is 1. The summed E-state index contributed by atoms with van der Waals surface area (Å²) in [5.74, 6) is 0.494. The molecule has 0 aliphatic rings. The zero-order valence-electron chi connectivity index (χ0n) is 8.75. The second-order valence-electron chi connectivity index (χ2n) is 3.08. The van der Waals surface area contributed by atoms with Crippen molar-refractivity contribution in [1.82, 2.24) is 10.3 Å². The molecule has 1 rings (SSSR count). The average molecular weight is 272 g/mol. The molecule has 0 radical (unpaired) electrons. The Labute approximate surface area is 97.6 Å². The standard InChI is InChI=1S/C10H14BrN3O/c1-3-7(12-2)10(15)14-9-6-4-5-8(11)13-9/h4-7,12H,3H2,1-2H3,(H,13,14,15). The van der Waals surface area contributed by atoms with Gasteiger partial charge in [0.25, 0.3) is 0 Å². The zero-order valence-corrected chi connectivity index (χ0v) is 10.3. The van der Waals surface area contributed by atoms with Crippen molar-refractivity contribution < 1.29 is 4.79 Å². The lowest BCUT2D eigenvalue weighted by Crippen LogP contribution is -2.37. The largest absolute Gasteiger partial charge is 0.309 e. The number of rotatable bonds is 4. The Balaban J connectivity index is 2.65. The molecule has 1 aromatic heterocycles. The lowest BCUT2D eigenvalue weighted by molar-refractivity contribution is -0.118. The molecule has 0 fully saturated rings. The monoisotopic (exact) mass is 271 g/mol. The Kier molecular flexibility index (Phi) is 4.71. The highest BCUT2D eigenvalue weighted by atomic mass is 79.9. The summed E-state index contributed by atoms with van der Waals surface area (Å²) in [6.45, 7) is 1.95. The van der Waals surface area contributed by atoms with Crippen LogP contribution in [0.3, 0.4) is 0 Å². The molecule has 0 aliphatic heterocycles. The molecule has 0 aliphatic carbocycles. The fourth-order valence-electron chi connectivity index (χ4n) is 1.21. The van der Waals surface area contributed by atoms with E-state index in [2.05, 4.69) is 31.5 Å². The highest BCUT2D eigenvalue weighted by Crippen LogP contribution is 2.10. The summed E-state index contributed by atoms with van der Waals surface area (Å²) in [7, 11) is 1.77. The number of amides is 1. The maximum Gasteiger partial charge on any atom is 0.242 e. The minimum absolute atomic E-state index is 0.0643. The highest BCUT2D eigenvalue weighted by molar-refractivity contribution is 9.10. The second-order valence-corrected chi connectivity index (χ2v) is 3.90. The maximum absolute atomic E-state index is 11.7. The van der Waals surface area contributed by atoms with E-state index in [-0.39, 0.29) is 11.9 Å². The van der Waals surface area contributed by atoms with Gasteiger partial charge >= 0.3 is 0 Å². The molecule has 15 heavy (non-hydrogen) atoms. The summed E-state index contributed by atoms with van der Waals surface area (Å²) in [4.78, 5) is 15.8. The van der Waals surface area contributed by atoms with Gasteiger partial charge < -0.3 is 10.6 Å². The number of carbonyl (C=O) groups is 1. The third kappa shape index (κ3) is 3.60. The molecular formula is C10H14BrN3O. The minimum Gasteiger partial charge on any atom is -0.309 e. The Bertz CT molecular complexity index is 339. The molecule has 1 aromatic rings. The van der Waals surface area contributed by atoms with Crippen LogP contribution in [-0.4, -0.2) is 24.0 Å². The first-order chi connectivity index (χ1) is 7.17. The van der Waals surface area contributed by atoms with Crippen LogP contribution in [0.5, 0.6) is 0 Å². The van der Waals surface area contributed by atoms with E-state index < -0.39 is 0 Å². The van der Waals surface area contributed by atoms with Gasteiger partial charge in [-0.15, -0.1) is 0 Å². The number of nitrogens with zero attached hydrogens (tertiary/aromatic N) is 1. The van der Waals surface area contributed by atoms with Crippen LogP contribution in [0.1, 0.15) is 13.3 Å². The molecule has 2 N–H and O–H groups in total. The predicted octanol–water partition coefficient (Wildman–Crippen LogP) is 1.78. The number of anilines is 1. The summed E-state index contributed by atoms with van der Waals surface area (Å²) in [6, 6.07) is 5.22. The predicted molar refractivity (Wildman–Crippen MR) is 63.7 cm³/mol. The number of hydrogen-bond acceptors (Lipinski definition) is 3. The van der Waals surface area contributed by atoms with Crippen molar-refractivity contribution in [2.75, 3.05) is 12.4 Å². The van der Waals surface area contributed by atoms with E-state index in [1.807, 2.05) is 19.1 Å². The molecule has 0 spiro atoms. The van der Waals surface area contributed by atoms with E-state index >= 15 is 0 Å².